The van der Waals surface area contributed by atoms with Crippen molar-refractivity contribution in [2.45, 2.75) is 6.92 Å². The van der Waals surface area contributed by atoms with Gasteiger partial charge in [0.1, 0.15) is 0 Å². The monoisotopic (exact) mass is 122 g/mol. The first-order chi connectivity index (χ1) is 1.41. The van der Waals surface area contributed by atoms with Crippen molar-refractivity contribution in [2.24, 2.45) is 0 Å². The molecule has 0 radical (unpaired) electrons. The van der Waals surface area contributed by atoms with Gasteiger partial charge < -0.3 is 12.4 Å². The van der Waals surface area contributed by atoms with Gasteiger partial charge in [0.05, 0.1) is 0 Å². The number of rotatable bonds is 0. The van der Waals surface area contributed by atoms with Crippen molar-refractivity contribution < 1.29 is 42.0 Å². The van der Waals surface area contributed by atoms with Gasteiger partial charge in [0.2, 0.25) is 0 Å². The van der Waals surface area contributed by atoms with Crippen molar-refractivity contribution >= 4 is 11.6 Å². The van der Waals surface area contributed by atoms with E-state index in [2.05, 4.69) is 0 Å². The van der Waals surface area contributed by atoms with Crippen LogP contribution in [0.15, 0.2) is 0 Å². The molecular weight excluding hydrogens is 118 g/mol. The van der Waals surface area contributed by atoms with Crippen molar-refractivity contribution in [3.8, 4) is 0 Å². The summed E-state index contributed by atoms with van der Waals surface area (Å²) in [6.45, 7) is 1.89. The van der Waals surface area contributed by atoms with Crippen LogP contribution in [0.1, 0.15) is 6.92 Å². The second-order valence-electron chi connectivity index (χ2n) is 0.267. The van der Waals surface area contributed by atoms with Crippen LogP contribution >= 0.6 is 11.6 Å². The standard InChI is InChI=1S/C2H5Cl.ClH.Na/c1-2-3;;/h2H2,1H3;1H;/q;;+1/p-1. The molecule has 0 fully saturated rings. The van der Waals surface area contributed by atoms with Gasteiger partial charge in [-0.2, -0.15) is 0 Å². The molecule has 0 spiro atoms. The summed E-state index contributed by atoms with van der Waals surface area (Å²) in [5, 5.41) is 0. The van der Waals surface area contributed by atoms with Gasteiger partial charge in [-0.05, 0) is 0 Å². The van der Waals surface area contributed by atoms with Crippen LogP contribution in [0, 0.1) is 0 Å². The number of hydrogen-bond acceptors (Lipinski definition) is 0. The molecule has 3 heteroatoms. The van der Waals surface area contributed by atoms with Gasteiger partial charge in [0, 0.05) is 5.88 Å². The molecule has 0 nitrogen and oxygen atoms in total. The van der Waals surface area contributed by atoms with Crippen LogP contribution in [0.3, 0.4) is 0 Å². The quantitative estimate of drug-likeness (QED) is 0.224. The largest absolute Gasteiger partial charge is 1.00 e. The third kappa shape index (κ3) is 28.6. The zero-order chi connectivity index (χ0) is 2.71. The molecule has 0 aliphatic heterocycles. The summed E-state index contributed by atoms with van der Waals surface area (Å²) < 4.78 is 0. The predicted octanol–water partition coefficient (Wildman–Crippen LogP) is -4.75. The van der Waals surface area contributed by atoms with E-state index in [1.165, 1.54) is 0 Å². The first-order valence-electron chi connectivity index (χ1n) is 0.974. The maximum absolute atomic E-state index is 5.00. The molecule has 0 aliphatic rings. The summed E-state index contributed by atoms with van der Waals surface area (Å²) in [7, 11) is 0. The molecule has 28 valence electrons. The molecule has 0 amide bonds. The Kier molecular flexibility index (Phi) is 56.2. The number of hydrogen-bond donors (Lipinski definition) is 0. The summed E-state index contributed by atoms with van der Waals surface area (Å²) in [4.78, 5) is 0. The van der Waals surface area contributed by atoms with Crippen LogP contribution < -0.4 is 42.0 Å². The normalized spacial score (nSPS) is 3.60. The van der Waals surface area contributed by atoms with Crippen molar-refractivity contribution in [2.75, 3.05) is 5.88 Å². The van der Waals surface area contributed by atoms with Gasteiger partial charge in [0.15, 0.2) is 0 Å². The van der Waals surface area contributed by atoms with E-state index in [1.807, 2.05) is 6.92 Å². The van der Waals surface area contributed by atoms with Crippen molar-refractivity contribution in [3.63, 3.8) is 0 Å². The number of halogens is 2. The van der Waals surface area contributed by atoms with Crippen LogP contribution in [-0.2, 0) is 0 Å². The Morgan fingerprint density at radius 3 is 1.60 bits per heavy atom. The molecule has 0 N–H and O–H groups in total. The topological polar surface area (TPSA) is 0 Å². The van der Waals surface area contributed by atoms with Gasteiger partial charge in [0.25, 0.3) is 0 Å². The minimum absolute atomic E-state index is 0. The second-order valence-corrected chi connectivity index (χ2v) is 0.802. The van der Waals surface area contributed by atoms with Crippen LogP contribution in [0.2, 0.25) is 0 Å². The van der Waals surface area contributed by atoms with Crippen molar-refractivity contribution in [1.82, 2.24) is 0 Å². The van der Waals surface area contributed by atoms with E-state index in [0.29, 0.717) is 0 Å². The van der Waals surface area contributed by atoms with E-state index in [0.717, 1.165) is 5.88 Å². The van der Waals surface area contributed by atoms with Crippen LogP contribution in [0.4, 0.5) is 0 Å². The van der Waals surface area contributed by atoms with Crippen LogP contribution in [-0.4, -0.2) is 5.88 Å². The zero-order valence-corrected chi connectivity index (χ0v) is 6.97. The fraction of sp³-hybridized carbons (Fsp3) is 1.00. The zero-order valence-electron chi connectivity index (χ0n) is 3.46. The Balaban J connectivity index is -0.0000000200. The van der Waals surface area contributed by atoms with E-state index in [-0.39, 0.29) is 42.0 Å². The Morgan fingerprint density at radius 2 is 1.60 bits per heavy atom. The minimum Gasteiger partial charge on any atom is -1.00 e. The van der Waals surface area contributed by atoms with Crippen LogP contribution in [0.25, 0.3) is 0 Å². The summed E-state index contributed by atoms with van der Waals surface area (Å²) in [6, 6.07) is 0. The Hall–Kier alpha value is 1.58. The second kappa shape index (κ2) is 17.6. The maximum Gasteiger partial charge on any atom is 1.00 e. The molecular formula is C2H5Cl2Na. The summed E-state index contributed by atoms with van der Waals surface area (Å²) in [5.74, 6) is 0.722. The predicted molar refractivity (Wildman–Crippen MR) is 16.4 cm³/mol. The van der Waals surface area contributed by atoms with Crippen molar-refractivity contribution in [1.29, 1.82) is 0 Å². The molecule has 0 atom stereocenters. The smallest absolute Gasteiger partial charge is 1.00 e. The van der Waals surface area contributed by atoms with Gasteiger partial charge in [-0.15, -0.1) is 11.6 Å². The minimum atomic E-state index is 0. The first-order valence-corrected chi connectivity index (χ1v) is 1.51. The van der Waals surface area contributed by atoms with E-state index in [1.54, 1.807) is 0 Å². The third-order valence-electron chi connectivity index (χ3n) is 0. The van der Waals surface area contributed by atoms with Crippen molar-refractivity contribution in [3.05, 3.63) is 0 Å². The summed E-state index contributed by atoms with van der Waals surface area (Å²) in [5.41, 5.74) is 0. The maximum atomic E-state index is 5.00. The molecule has 0 saturated carbocycles. The summed E-state index contributed by atoms with van der Waals surface area (Å²) >= 11 is 5.00. The SMILES string of the molecule is CCCl.[Cl-].[Na+]. The van der Waals surface area contributed by atoms with E-state index in [9.17, 15) is 0 Å². The first kappa shape index (κ1) is 16.0. The molecule has 0 unspecified atom stereocenters. The average Bonchev–Trinajstić information content (AvgIpc) is 0.918. The van der Waals surface area contributed by atoms with E-state index < -0.39 is 0 Å². The van der Waals surface area contributed by atoms with Gasteiger partial charge in [-0.25, -0.2) is 0 Å². The third-order valence-corrected chi connectivity index (χ3v) is 0. The van der Waals surface area contributed by atoms with Gasteiger partial charge in [-0.3, -0.25) is 0 Å². The summed E-state index contributed by atoms with van der Waals surface area (Å²) in [6.07, 6.45) is 0. The fourth-order valence-corrected chi connectivity index (χ4v) is 0. The molecule has 0 aliphatic carbocycles. The molecule has 0 aromatic rings. The molecule has 0 rings (SSSR count). The molecule has 0 aromatic carbocycles. The average molecular weight is 123 g/mol. The van der Waals surface area contributed by atoms with Gasteiger partial charge >= 0.3 is 29.6 Å². The number of alkyl halides is 1. The molecule has 5 heavy (non-hydrogen) atoms. The van der Waals surface area contributed by atoms with E-state index in [4.69, 9.17) is 11.6 Å². The molecule has 0 aromatic heterocycles. The molecule has 0 heterocycles. The fourth-order valence-electron chi connectivity index (χ4n) is 0. The molecule has 0 saturated heterocycles. The Morgan fingerprint density at radius 1 is 1.60 bits per heavy atom. The van der Waals surface area contributed by atoms with Crippen LogP contribution in [0.5, 0.6) is 0 Å². The molecule has 0 bridgehead atoms. The Labute approximate surface area is 66.0 Å². The van der Waals surface area contributed by atoms with E-state index >= 15 is 0 Å². The Bertz CT molecular complexity index is 7.61. The van der Waals surface area contributed by atoms with Gasteiger partial charge in [-0.1, -0.05) is 6.92 Å².